The quantitative estimate of drug-likeness (QED) is 0.0252. The van der Waals surface area contributed by atoms with E-state index in [1.807, 2.05) is 115 Å². The highest BCUT2D eigenvalue weighted by Crippen LogP contribution is 2.44. The zero-order valence-corrected chi connectivity index (χ0v) is 73.9. The number of nitrogens with two attached hydrogens (primary N) is 1. The van der Waals surface area contributed by atoms with Gasteiger partial charge < -0.3 is 99.2 Å². The van der Waals surface area contributed by atoms with E-state index in [1.54, 1.807) is 85.8 Å². The molecule has 0 spiro atoms. The lowest BCUT2D eigenvalue weighted by Gasteiger charge is -2.30. The molecule has 14 heterocycles. The van der Waals surface area contributed by atoms with Crippen molar-refractivity contribution >= 4 is 115 Å². The van der Waals surface area contributed by atoms with Crippen LogP contribution in [0.5, 0.6) is 23.0 Å². The van der Waals surface area contributed by atoms with E-state index in [0.717, 1.165) is 104 Å². The number of nitrogens with one attached hydrogen (secondary N) is 12. The number of imide groups is 4. The summed E-state index contributed by atoms with van der Waals surface area (Å²) in [5, 5.41) is 40.1. The number of aromatic nitrogens is 3. The number of aromatic amines is 1. The minimum absolute atomic E-state index is 0.0646. The fourth-order valence-corrected chi connectivity index (χ4v) is 18.8. The molecule has 0 radical (unpaired) electrons. The molecule has 38 heteroatoms. The van der Waals surface area contributed by atoms with Crippen molar-refractivity contribution in [3.05, 3.63) is 267 Å². The molecular formula is C97H93N19O19. The zero-order chi connectivity index (χ0) is 93.9. The predicted molar refractivity (Wildman–Crippen MR) is 487 cm³/mol. The monoisotopic (exact) mass is 1830 g/mol. The van der Waals surface area contributed by atoms with Crippen LogP contribution in [0.2, 0.25) is 0 Å². The number of hydrogen-bond acceptors (Lipinski definition) is 26. The number of carbonyl (C=O) groups excluding carboxylic acids is 11. The van der Waals surface area contributed by atoms with Gasteiger partial charge in [-0.25, -0.2) is 24.2 Å². The largest absolute Gasteiger partial charge is 0.497 e. The number of hydrogen-bond donors (Lipinski definition) is 13. The molecule has 13 aromatic rings. The average Bonchev–Trinajstić information content (AvgIpc) is 1.60. The van der Waals surface area contributed by atoms with E-state index >= 15 is 0 Å². The summed E-state index contributed by atoms with van der Waals surface area (Å²) in [7, 11) is 8.09. The number of urea groups is 4. The van der Waals surface area contributed by atoms with Gasteiger partial charge in [0.15, 0.2) is 28.0 Å². The molecule has 14 N–H and O–H groups in total. The lowest BCUT2D eigenvalue weighted by Crippen LogP contribution is -2.52. The highest BCUT2D eigenvalue weighted by Gasteiger charge is 2.57. The van der Waals surface area contributed by atoms with Gasteiger partial charge in [0.2, 0.25) is 0 Å². The van der Waals surface area contributed by atoms with Crippen molar-refractivity contribution in [1.29, 1.82) is 0 Å². The molecule has 5 aromatic heterocycles. The molecule has 690 valence electrons. The number of piperidine rings is 1. The van der Waals surface area contributed by atoms with Crippen LogP contribution in [0, 0.1) is 5.92 Å². The second-order valence-corrected chi connectivity index (χ2v) is 34.3. The molecule has 22 rings (SSSR count). The SMILES string of the molecule is C=C1c2cc(OC)ccc2CN1C[C@@]1(c2cc3cc(CN)ccc3o2)NC(=O)NC1=O.CNCc1ccc2oc([C@]3(CN4Cc5ccc(OC)cc5C4=O)NC(=O)NC3=O)cc2c1.COc1ccc2c(c1)C(=O)N(C[C@@]1(c3cc4cc(-c5ncn[nH]5)ccc4o3)NC(=O)NC1=O)C2.COc1ccc2c(c1)C(=O)N(C[C@@]1(c3cc4cc(CNCC5CCNCC5)ccc4o3)NC(=O)NC1=O)C2. The lowest BCUT2D eigenvalue weighted by atomic mass is 9.95. The first-order valence-electron chi connectivity index (χ1n) is 43.6. The second-order valence-electron chi connectivity index (χ2n) is 34.3. The van der Waals surface area contributed by atoms with Gasteiger partial charge in [-0.1, -0.05) is 49.0 Å². The molecule has 0 saturated carbocycles. The number of H-pyrrole nitrogens is 1. The van der Waals surface area contributed by atoms with Gasteiger partial charge in [-0.2, -0.15) is 5.10 Å². The van der Waals surface area contributed by atoms with Crippen LogP contribution in [0.1, 0.15) is 111 Å². The van der Waals surface area contributed by atoms with Crippen LogP contribution in [0.4, 0.5) is 19.2 Å². The smallest absolute Gasteiger partial charge is 0.322 e. The van der Waals surface area contributed by atoms with Crippen molar-refractivity contribution in [2.24, 2.45) is 11.7 Å². The molecule has 4 atom stereocenters. The first-order chi connectivity index (χ1) is 65.3. The van der Waals surface area contributed by atoms with Crippen molar-refractivity contribution in [1.82, 2.24) is 93.3 Å². The van der Waals surface area contributed by atoms with Gasteiger partial charge in [0.05, 0.1) is 54.6 Å². The van der Waals surface area contributed by atoms with Gasteiger partial charge >= 0.3 is 24.1 Å². The Bertz CT molecular complexity index is 7050. The number of fused-ring (bicyclic) bond motifs is 8. The number of ether oxygens (including phenoxy) is 4. The number of amides is 15. The molecule has 15 amide bonds. The Morgan fingerprint density at radius 3 is 1.13 bits per heavy atom. The van der Waals surface area contributed by atoms with Crippen LogP contribution in [0.15, 0.2) is 200 Å². The van der Waals surface area contributed by atoms with E-state index in [2.05, 4.69) is 80.2 Å². The maximum Gasteiger partial charge on any atom is 0.322 e. The average molecular weight is 1830 g/mol. The van der Waals surface area contributed by atoms with E-state index in [-0.39, 0.29) is 61.2 Å². The molecule has 0 aliphatic carbocycles. The molecule has 8 aromatic carbocycles. The lowest BCUT2D eigenvalue weighted by molar-refractivity contribution is -0.126. The van der Waals surface area contributed by atoms with E-state index in [0.29, 0.717) is 118 Å². The summed E-state index contributed by atoms with van der Waals surface area (Å²) in [5.74, 6) is 2.00. The maximum atomic E-state index is 13.2. The Morgan fingerprint density at radius 2 is 0.770 bits per heavy atom. The van der Waals surface area contributed by atoms with Crippen molar-refractivity contribution < 1.29 is 89.4 Å². The molecular weight excluding hydrogens is 1740 g/mol. The zero-order valence-electron chi connectivity index (χ0n) is 73.9. The third-order valence-corrected chi connectivity index (χ3v) is 25.9. The Hall–Kier alpha value is -16.2. The van der Waals surface area contributed by atoms with Crippen LogP contribution >= 0.6 is 0 Å². The summed E-state index contributed by atoms with van der Waals surface area (Å²) in [6, 6.07) is 48.9. The number of nitrogens with zero attached hydrogens (tertiary/aromatic N) is 6. The molecule has 5 fully saturated rings. The number of furan rings is 4. The summed E-state index contributed by atoms with van der Waals surface area (Å²) < 4.78 is 45.2. The number of benzene rings is 8. The minimum Gasteiger partial charge on any atom is -0.497 e. The van der Waals surface area contributed by atoms with Gasteiger partial charge in [0.1, 0.15) is 74.7 Å². The van der Waals surface area contributed by atoms with Crippen LogP contribution in [0.3, 0.4) is 0 Å². The van der Waals surface area contributed by atoms with Crippen LogP contribution in [-0.4, -0.2) is 182 Å². The Morgan fingerprint density at radius 1 is 0.422 bits per heavy atom. The van der Waals surface area contributed by atoms with Crippen molar-refractivity contribution in [3.63, 3.8) is 0 Å². The van der Waals surface area contributed by atoms with Crippen LogP contribution in [0.25, 0.3) is 61.0 Å². The van der Waals surface area contributed by atoms with E-state index < -0.39 is 69.9 Å². The van der Waals surface area contributed by atoms with Gasteiger partial charge in [-0.3, -0.25) is 59.9 Å². The first-order valence-corrected chi connectivity index (χ1v) is 43.6. The Balaban J connectivity index is 0.000000116. The highest BCUT2D eigenvalue weighted by molar-refractivity contribution is 6.12. The van der Waals surface area contributed by atoms with Crippen molar-refractivity contribution in [2.75, 3.05) is 81.3 Å². The first kappa shape index (κ1) is 88.1. The molecule has 9 aliphatic rings. The Labute approximate surface area is 769 Å². The standard InChI is InChI=1S/C28H31N5O5.C23H18N6O5.C23H22N4O5.C23H22N4O4/c1-37-21-4-3-19-15-33(25(34)22(19)12-21)16-28(26(35)31-27(36)32-28)24-11-20-10-18(2-5-23(20)38-24)14-30-13-17-6-8-29-9-7-17;1-33-15-4-2-13-9-29(20(30)16(13)8-15)10-23(21(31)26-22(32)27-23)18-7-14-6-12(3-5-17(14)34-18)19-24-11-25-28-19;1-24-10-13-3-6-18-15(7-13)8-19(32-18)23(21(29)25-22(30)26-23)12-27-11-14-4-5-16(31-2)9-17(14)20(27)28;1-13-18-9-17(30-2)5-4-15(18)11-27(13)12-23(21(28)25-22(29)26-23)20-8-16-7-14(10-24)3-6-19(16)31-20/h2-5,10-12,17,29-30H,6-9,13-16H2,1H3,(H2,31,32,35,36);2-8,11H,9-10H2,1H3,(H,24,25,28)(H2,26,27,31,32);3-9,24H,10-12H2,1-2H3,(H2,25,26,29,30);3-9H,1,10-12,24H2,2H3,(H2,25,26,28,29)/t28-;3*23-/m0000/s1. The van der Waals surface area contributed by atoms with Crippen molar-refractivity contribution in [3.8, 4) is 34.4 Å². The van der Waals surface area contributed by atoms with E-state index in [4.69, 9.17) is 42.3 Å². The summed E-state index contributed by atoms with van der Waals surface area (Å²) in [5.41, 5.74) is 12.8. The fourth-order valence-electron chi connectivity index (χ4n) is 18.8. The molecule has 135 heavy (non-hydrogen) atoms. The molecule has 5 saturated heterocycles. The van der Waals surface area contributed by atoms with Crippen LogP contribution < -0.4 is 83.2 Å². The van der Waals surface area contributed by atoms with Gasteiger partial charge in [0, 0.05) is 101 Å². The molecule has 0 unspecified atom stereocenters. The summed E-state index contributed by atoms with van der Waals surface area (Å²) >= 11 is 0. The summed E-state index contributed by atoms with van der Waals surface area (Å²) in [6.45, 7) is 10.6. The summed E-state index contributed by atoms with van der Waals surface area (Å²) in [4.78, 5) is 151. The molecule has 0 bridgehead atoms. The fraction of sp³-hybridized carbons (Fsp3) is 0.268. The van der Waals surface area contributed by atoms with Crippen molar-refractivity contribution in [2.45, 2.75) is 80.8 Å². The minimum atomic E-state index is -1.58. The number of carbonyl (C=O) groups is 11. The third-order valence-electron chi connectivity index (χ3n) is 25.9. The predicted octanol–water partition coefficient (Wildman–Crippen LogP) is 8.41. The highest BCUT2D eigenvalue weighted by atomic mass is 16.5. The second kappa shape index (κ2) is 35.5. The van der Waals surface area contributed by atoms with Crippen LogP contribution in [-0.2, 0) is 87.1 Å². The topological polar surface area (TPSA) is 490 Å². The van der Waals surface area contributed by atoms with Gasteiger partial charge in [-0.15, -0.1) is 0 Å². The number of rotatable bonds is 24. The van der Waals surface area contributed by atoms with E-state index in [9.17, 15) is 52.7 Å². The summed E-state index contributed by atoms with van der Waals surface area (Å²) in [6.07, 6.45) is 3.78. The van der Waals surface area contributed by atoms with Gasteiger partial charge in [-0.05, 0) is 212 Å². The number of methoxy groups -OCH3 is 4. The van der Waals surface area contributed by atoms with E-state index in [1.165, 1.54) is 43.2 Å². The molecule has 38 nitrogen and oxygen atoms in total. The Kier molecular flexibility index (Phi) is 23.2. The molecule has 9 aliphatic heterocycles. The maximum absolute atomic E-state index is 13.2. The third kappa shape index (κ3) is 16.5. The van der Waals surface area contributed by atoms with Gasteiger partial charge in [0.25, 0.3) is 41.4 Å². The normalized spacial score (nSPS) is 20.3.